The minimum absolute atomic E-state index is 0.0286. The van der Waals surface area contributed by atoms with E-state index in [4.69, 9.17) is 11.0 Å². The standard InChI is InChI=1S/C17H18FN3/c1-17(2)8-15(20)13-5-6-21(16(13)9-17)12-3-4-14(18)11(7-12)10-19/h3-7,15H,8-9,20H2,1-2H3. The molecule has 3 nitrogen and oxygen atoms in total. The minimum Gasteiger partial charge on any atom is -0.324 e. The van der Waals surface area contributed by atoms with Crippen LogP contribution in [0.3, 0.4) is 0 Å². The molecule has 3 rings (SSSR count). The average molecular weight is 283 g/mol. The number of benzene rings is 1. The molecule has 1 aromatic heterocycles. The largest absolute Gasteiger partial charge is 0.324 e. The molecule has 0 saturated carbocycles. The second-order valence-corrected chi connectivity index (χ2v) is 6.52. The predicted molar refractivity (Wildman–Crippen MR) is 79.5 cm³/mol. The molecule has 21 heavy (non-hydrogen) atoms. The zero-order chi connectivity index (χ0) is 15.2. The molecule has 0 amide bonds. The van der Waals surface area contributed by atoms with Crippen LogP contribution in [0.4, 0.5) is 4.39 Å². The Bertz CT molecular complexity index is 737. The van der Waals surface area contributed by atoms with E-state index in [1.165, 1.54) is 6.07 Å². The summed E-state index contributed by atoms with van der Waals surface area (Å²) in [7, 11) is 0. The maximum atomic E-state index is 13.5. The fourth-order valence-electron chi connectivity index (χ4n) is 3.23. The van der Waals surface area contributed by atoms with Gasteiger partial charge in [0.05, 0.1) is 5.56 Å². The Labute approximate surface area is 123 Å². The van der Waals surface area contributed by atoms with Crippen LogP contribution in [-0.4, -0.2) is 4.57 Å². The van der Waals surface area contributed by atoms with E-state index in [0.717, 1.165) is 29.8 Å². The summed E-state index contributed by atoms with van der Waals surface area (Å²) in [5.41, 5.74) is 9.59. The van der Waals surface area contributed by atoms with Crippen LogP contribution in [0.1, 0.15) is 43.1 Å². The third-order valence-corrected chi connectivity index (χ3v) is 4.19. The van der Waals surface area contributed by atoms with Gasteiger partial charge >= 0.3 is 0 Å². The Balaban J connectivity index is 2.12. The second-order valence-electron chi connectivity index (χ2n) is 6.52. The molecule has 0 fully saturated rings. The van der Waals surface area contributed by atoms with Gasteiger partial charge in [0.15, 0.2) is 0 Å². The normalized spacial score (nSPS) is 19.9. The zero-order valence-electron chi connectivity index (χ0n) is 12.2. The number of nitrogens with two attached hydrogens (primary N) is 1. The number of hydrogen-bond donors (Lipinski definition) is 1. The van der Waals surface area contributed by atoms with E-state index in [2.05, 4.69) is 13.8 Å². The summed E-state index contributed by atoms with van der Waals surface area (Å²) in [6.07, 6.45) is 3.83. The molecule has 2 aromatic rings. The summed E-state index contributed by atoms with van der Waals surface area (Å²) in [6, 6.07) is 8.58. The summed E-state index contributed by atoms with van der Waals surface area (Å²) in [5.74, 6) is -0.487. The number of nitriles is 1. The summed E-state index contributed by atoms with van der Waals surface area (Å²) < 4.78 is 15.5. The van der Waals surface area contributed by atoms with Crippen molar-refractivity contribution >= 4 is 0 Å². The summed E-state index contributed by atoms with van der Waals surface area (Å²) in [5, 5.41) is 8.98. The van der Waals surface area contributed by atoms with Crippen molar-refractivity contribution in [1.29, 1.82) is 5.26 Å². The van der Waals surface area contributed by atoms with Crippen molar-refractivity contribution in [3.63, 3.8) is 0 Å². The fraction of sp³-hybridized carbons (Fsp3) is 0.353. The molecule has 0 spiro atoms. The lowest BCUT2D eigenvalue weighted by atomic mass is 9.74. The molecule has 4 heteroatoms. The Morgan fingerprint density at radius 1 is 1.38 bits per heavy atom. The van der Waals surface area contributed by atoms with Crippen molar-refractivity contribution in [1.82, 2.24) is 4.57 Å². The molecular formula is C17H18FN3. The highest BCUT2D eigenvalue weighted by atomic mass is 19.1. The molecule has 1 aromatic carbocycles. The minimum atomic E-state index is -0.487. The lowest BCUT2D eigenvalue weighted by Gasteiger charge is -2.34. The summed E-state index contributed by atoms with van der Waals surface area (Å²) in [4.78, 5) is 0. The average Bonchev–Trinajstić information content (AvgIpc) is 2.82. The quantitative estimate of drug-likeness (QED) is 0.871. The van der Waals surface area contributed by atoms with Gasteiger partial charge in [0.25, 0.3) is 0 Å². The molecule has 2 N–H and O–H groups in total. The summed E-state index contributed by atoms with van der Waals surface area (Å²) in [6.45, 7) is 4.41. The highest BCUT2D eigenvalue weighted by molar-refractivity contribution is 5.46. The SMILES string of the molecule is CC1(C)Cc2c(ccn2-c2ccc(F)c(C#N)c2)C(N)C1. The van der Waals surface area contributed by atoms with Gasteiger partial charge in [-0.15, -0.1) is 0 Å². The van der Waals surface area contributed by atoms with Crippen molar-refractivity contribution in [2.75, 3.05) is 0 Å². The van der Waals surface area contributed by atoms with E-state index in [9.17, 15) is 4.39 Å². The maximum absolute atomic E-state index is 13.5. The molecule has 108 valence electrons. The van der Waals surface area contributed by atoms with E-state index in [1.807, 2.05) is 22.9 Å². The first kappa shape index (κ1) is 13.8. The van der Waals surface area contributed by atoms with E-state index < -0.39 is 5.82 Å². The third-order valence-electron chi connectivity index (χ3n) is 4.19. The molecule has 1 heterocycles. The van der Waals surface area contributed by atoms with Gasteiger partial charge in [0.2, 0.25) is 0 Å². The van der Waals surface area contributed by atoms with Gasteiger partial charge in [-0.2, -0.15) is 5.26 Å². The van der Waals surface area contributed by atoms with Gasteiger partial charge < -0.3 is 10.3 Å². The van der Waals surface area contributed by atoms with Crippen LogP contribution in [0.5, 0.6) is 0 Å². The van der Waals surface area contributed by atoms with E-state index in [1.54, 1.807) is 12.1 Å². The molecule has 0 aliphatic heterocycles. The molecule has 0 saturated heterocycles. The monoisotopic (exact) mass is 283 g/mol. The zero-order valence-corrected chi connectivity index (χ0v) is 12.2. The van der Waals surface area contributed by atoms with E-state index >= 15 is 0 Å². The first-order chi connectivity index (χ1) is 9.91. The van der Waals surface area contributed by atoms with Crippen LogP contribution >= 0.6 is 0 Å². The first-order valence-electron chi connectivity index (χ1n) is 7.07. The number of hydrogen-bond acceptors (Lipinski definition) is 2. The Hall–Kier alpha value is -2.12. The van der Waals surface area contributed by atoms with Crippen molar-refractivity contribution in [3.8, 4) is 11.8 Å². The van der Waals surface area contributed by atoms with Crippen LogP contribution < -0.4 is 5.73 Å². The highest BCUT2D eigenvalue weighted by Gasteiger charge is 2.32. The van der Waals surface area contributed by atoms with Crippen LogP contribution in [0.25, 0.3) is 5.69 Å². The molecule has 1 atom stereocenters. The molecule has 0 bridgehead atoms. The van der Waals surface area contributed by atoms with Gasteiger partial charge in [-0.1, -0.05) is 13.8 Å². The van der Waals surface area contributed by atoms with Crippen molar-refractivity contribution in [3.05, 3.63) is 53.1 Å². The smallest absolute Gasteiger partial charge is 0.141 e. The number of rotatable bonds is 1. The highest BCUT2D eigenvalue weighted by Crippen LogP contribution is 2.40. The number of nitrogens with zero attached hydrogens (tertiary/aromatic N) is 2. The van der Waals surface area contributed by atoms with E-state index in [0.29, 0.717) is 0 Å². The van der Waals surface area contributed by atoms with Crippen molar-refractivity contribution in [2.24, 2.45) is 11.1 Å². The van der Waals surface area contributed by atoms with Gasteiger partial charge in [-0.3, -0.25) is 0 Å². The molecule has 1 aliphatic rings. The van der Waals surface area contributed by atoms with Gasteiger partial charge in [0, 0.05) is 23.6 Å². The number of halogens is 1. The van der Waals surface area contributed by atoms with Gasteiger partial charge in [-0.25, -0.2) is 4.39 Å². The van der Waals surface area contributed by atoms with Gasteiger partial charge in [-0.05, 0) is 48.1 Å². The van der Waals surface area contributed by atoms with Crippen LogP contribution in [0.15, 0.2) is 30.5 Å². The Morgan fingerprint density at radius 2 is 2.14 bits per heavy atom. The van der Waals surface area contributed by atoms with E-state index in [-0.39, 0.29) is 17.0 Å². The summed E-state index contributed by atoms with van der Waals surface area (Å²) >= 11 is 0. The van der Waals surface area contributed by atoms with Crippen molar-refractivity contribution < 1.29 is 4.39 Å². The number of aromatic nitrogens is 1. The van der Waals surface area contributed by atoms with Crippen LogP contribution in [0.2, 0.25) is 0 Å². The third kappa shape index (κ3) is 2.34. The predicted octanol–water partition coefficient (Wildman–Crippen LogP) is 3.46. The molecule has 1 unspecified atom stereocenters. The lowest BCUT2D eigenvalue weighted by molar-refractivity contribution is 0.278. The topological polar surface area (TPSA) is 54.7 Å². The number of fused-ring (bicyclic) bond motifs is 1. The molecular weight excluding hydrogens is 265 g/mol. The Kier molecular flexibility index (Phi) is 3.11. The second kappa shape index (κ2) is 4.71. The molecule has 0 radical (unpaired) electrons. The van der Waals surface area contributed by atoms with Crippen LogP contribution in [0, 0.1) is 22.6 Å². The Morgan fingerprint density at radius 3 is 2.86 bits per heavy atom. The lowest BCUT2D eigenvalue weighted by Crippen LogP contribution is -2.30. The van der Waals surface area contributed by atoms with Crippen LogP contribution in [-0.2, 0) is 6.42 Å². The first-order valence-corrected chi connectivity index (χ1v) is 7.07. The fourth-order valence-corrected chi connectivity index (χ4v) is 3.23. The molecule has 1 aliphatic carbocycles. The van der Waals surface area contributed by atoms with Gasteiger partial charge in [0.1, 0.15) is 11.9 Å². The van der Waals surface area contributed by atoms with Crippen molar-refractivity contribution in [2.45, 2.75) is 32.7 Å². The maximum Gasteiger partial charge on any atom is 0.141 e.